The van der Waals surface area contributed by atoms with Crippen molar-refractivity contribution in [2.75, 3.05) is 4.90 Å². The Morgan fingerprint density at radius 2 is 1.48 bits per heavy atom. The number of carbonyl (C=O) groups is 2. The number of carbonyl (C=O) groups excluding carboxylic acids is 2. The molecule has 1 unspecified atom stereocenters. The van der Waals surface area contributed by atoms with Crippen molar-refractivity contribution in [3.8, 4) is 0 Å². The summed E-state index contributed by atoms with van der Waals surface area (Å²) in [5.41, 5.74) is 4.86. The van der Waals surface area contributed by atoms with Crippen LogP contribution in [0.1, 0.15) is 60.4 Å². The van der Waals surface area contributed by atoms with Crippen molar-refractivity contribution in [1.29, 1.82) is 0 Å². The highest BCUT2D eigenvalue weighted by Crippen LogP contribution is 2.36. The molecule has 2 amide bonds. The van der Waals surface area contributed by atoms with Gasteiger partial charge in [0.2, 0.25) is 5.91 Å². The summed E-state index contributed by atoms with van der Waals surface area (Å²) >= 11 is 6.27. The van der Waals surface area contributed by atoms with E-state index in [4.69, 9.17) is 16.6 Å². The number of hydrogen-bond donors (Lipinski definition) is 1. The molecule has 0 saturated heterocycles. The summed E-state index contributed by atoms with van der Waals surface area (Å²) < 4.78 is 0. The molecule has 2 aliphatic rings. The zero-order chi connectivity index (χ0) is 28.9. The van der Waals surface area contributed by atoms with E-state index >= 15 is 0 Å². The molecule has 6 rings (SSSR count). The van der Waals surface area contributed by atoms with Gasteiger partial charge in [0.15, 0.2) is 0 Å². The lowest BCUT2D eigenvalue weighted by atomic mass is 9.94. The predicted molar refractivity (Wildman–Crippen MR) is 169 cm³/mol. The van der Waals surface area contributed by atoms with E-state index in [1.807, 2.05) is 97.1 Å². The second kappa shape index (κ2) is 12.7. The maximum absolute atomic E-state index is 14.8. The Balaban J connectivity index is 1.51. The van der Waals surface area contributed by atoms with Crippen LogP contribution in [0.15, 0.2) is 114 Å². The molecule has 0 radical (unpaired) electrons. The van der Waals surface area contributed by atoms with Crippen LogP contribution in [-0.4, -0.2) is 29.6 Å². The minimum atomic E-state index is -0.888. The van der Waals surface area contributed by atoms with E-state index in [1.54, 1.807) is 17.0 Å². The second-order valence-corrected chi connectivity index (χ2v) is 11.5. The monoisotopic (exact) mass is 575 g/mol. The zero-order valence-corrected chi connectivity index (χ0v) is 24.2. The van der Waals surface area contributed by atoms with Crippen LogP contribution >= 0.6 is 11.6 Å². The second-order valence-electron chi connectivity index (χ2n) is 11.1. The third-order valence-electron chi connectivity index (χ3n) is 8.19. The number of halogens is 1. The predicted octanol–water partition coefficient (Wildman–Crippen LogP) is 7.33. The van der Waals surface area contributed by atoms with Crippen LogP contribution in [0, 0.1) is 0 Å². The van der Waals surface area contributed by atoms with Gasteiger partial charge in [0.25, 0.3) is 5.91 Å². The lowest BCUT2D eigenvalue weighted by molar-refractivity contribution is -0.127. The molecule has 5 nitrogen and oxygen atoms in total. The average molecular weight is 576 g/mol. The first-order chi connectivity index (χ1) is 20.6. The average Bonchev–Trinajstić information content (AvgIpc) is 3.14. The number of hydrogen-bond acceptors (Lipinski definition) is 3. The Morgan fingerprint density at radius 3 is 2.19 bits per heavy atom. The maximum Gasteiger partial charge on any atom is 0.253 e. The molecule has 212 valence electrons. The number of benzene rings is 4. The molecule has 1 saturated carbocycles. The normalized spacial score (nSPS) is 18.0. The van der Waals surface area contributed by atoms with E-state index < -0.39 is 12.1 Å². The largest absolute Gasteiger partial charge is 0.351 e. The molecular formula is C36H34ClN3O2. The molecule has 0 bridgehead atoms. The van der Waals surface area contributed by atoms with Crippen molar-refractivity contribution in [2.45, 2.75) is 56.7 Å². The molecule has 1 fully saturated rings. The molecule has 1 N–H and O–H groups in total. The summed E-state index contributed by atoms with van der Waals surface area (Å²) in [7, 11) is 0. The highest BCUT2D eigenvalue weighted by atomic mass is 35.5. The molecule has 4 aromatic carbocycles. The van der Waals surface area contributed by atoms with Crippen LogP contribution in [-0.2, 0) is 16.0 Å². The number of para-hydroxylation sites is 1. The first-order valence-corrected chi connectivity index (χ1v) is 15.1. The zero-order valence-electron chi connectivity index (χ0n) is 23.5. The van der Waals surface area contributed by atoms with Gasteiger partial charge in [0.05, 0.1) is 11.4 Å². The first kappa shape index (κ1) is 27.9. The molecule has 2 atom stereocenters. The van der Waals surface area contributed by atoms with Gasteiger partial charge in [-0.05, 0) is 42.2 Å². The SMILES string of the molecule is O=C(NC1CCCCC1)C(c1ccc(Cl)cc1)N1C(=O)[C@H](Cc2ccccc2)N=C(c2ccccc2)c2ccccc21. The minimum Gasteiger partial charge on any atom is -0.351 e. The van der Waals surface area contributed by atoms with Gasteiger partial charge >= 0.3 is 0 Å². The van der Waals surface area contributed by atoms with Crippen LogP contribution in [0.2, 0.25) is 5.02 Å². The summed E-state index contributed by atoms with van der Waals surface area (Å²) in [6, 6.07) is 33.4. The van der Waals surface area contributed by atoms with E-state index in [9.17, 15) is 9.59 Å². The van der Waals surface area contributed by atoms with Crippen molar-refractivity contribution in [3.05, 3.63) is 136 Å². The number of benzodiazepines with no additional fused rings is 1. The fourth-order valence-electron chi connectivity index (χ4n) is 6.10. The van der Waals surface area contributed by atoms with Gasteiger partial charge in [-0.2, -0.15) is 0 Å². The van der Waals surface area contributed by atoms with Crippen LogP contribution < -0.4 is 10.2 Å². The Morgan fingerprint density at radius 1 is 0.833 bits per heavy atom. The molecule has 1 aliphatic heterocycles. The topological polar surface area (TPSA) is 61.8 Å². The van der Waals surface area contributed by atoms with Gasteiger partial charge in [0.1, 0.15) is 12.1 Å². The highest BCUT2D eigenvalue weighted by Gasteiger charge is 2.40. The smallest absolute Gasteiger partial charge is 0.253 e. The number of fused-ring (bicyclic) bond motifs is 1. The molecule has 0 spiro atoms. The summed E-state index contributed by atoms with van der Waals surface area (Å²) in [6.07, 6.45) is 5.68. The van der Waals surface area contributed by atoms with Gasteiger partial charge in [-0.15, -0.1) is 0 Å². The van der Waals surface area contributed by atoms with Gasteiger partial charge in [-0.3, -0.25) is 19.5 Å². The molecule has 42 heavy (non-hydrogen) atoms. The van der Waals surface area contributed by atoms with E-state index in [0.717, 1.165) is 48.1 Å². The molecule has 1 heterocycles. The van der Waals surface area contributed by atoms with Crippen LogP contribution in [0.3, 0.4) is 0 Å². The lowest BCUT2D eigenvalue weighted by Gasteiger charge is -2.34. The molecule has 0 aromatic heterocycles. The molecule has 1 aliphatic carbocycles. The van der Waals surface area contributed by atoms with Crippen molar-refractivity contribution < 1.29 is 9.59 Å². The standard InChI is InChI=1S/C36H34ClN3O2/c37-28-22-20-27(21-23-28)34(35(41)38-29-16-8-3-9-17-29)40-32-19-11-10-18-30(32)33(26-14-6-2-7-15-26)39-31(36(40)42)24-25-12-4-1-5-13-25/h1-2,4-7,10-15,18-23,29,31,34H,3,8-9,16-17,24H2,(H,38,41)/t31-,34?/m0/s1. The third kappa shape index (κ3) is 6.02. The quantitative estimate of drug-likeness (QED) is 0.251. The van der Waals surface area contributed by atoms with Gasteiger partial charge < -0.3 is 5.32 Å². The van der Waals surface area contributed by atoms with Gasteiger partial charge in [-0.25, -0.2) is 0 Å². The number of nitrogens with one attached hydrogen (secondary N) is 1. The number of anilines is 1. The lowest BCUT2D eigenvalue weighted by Crippen LogP contribution is -2.49. The summed E-state index contributed by atoms with van der Waals surface area (Å²) in [4.78, 5) is 35.9. The fraction of sp³-hybridized carbons (Fsp3) is 0.250. The van der Waals surface area contributed by atoms with Gasteiger partial charge in [0, 0.05) is 28.6 Å². The molecular weight excluding hydrogens is 542 g/mol. The number of rotatable bonds is 7. The Hall–Kier alpha value is -4.22. The third-order valence-corrected chi connectivity index (χ3v) is 8.44. The number of amides is 2. The van der Waals surface area contributed by atoms with E-state index in [2.05, 4.69) is 5.32 Å². The molecule has 4 aromatic rings. The van der Waals surface area contributed by atoms with Crippen LogP contribution in [0.5, 0.6) is 0 Å². The summed E-state index contributed by atoms with van der Waals surface area (Å²) in [5, 5.41) is 3.88. The van der Waals surface area contributed by atoms with Gasteiger partial charge in [-0.1, -0.05) is 122 Å². The Kier molecular flexibility index (Phi) is 8.47. The Labute approximate surface area is 252 Å². The number of aliphatic imine (C=N–C) groups is 1. The first-order valence-electron chi connectivity index (χ1n) is 14.7. The number of nitrogens with zero attached hydrogens (tertiary/aromatic N) is 2. The minimum absolute atomic E-state index is 0.0922. The van der Waals surface area contributed by atoms with E-state index in [0.29, 0.717) is 22.7 Å². The van der Waals surface area contributed by atoms with Crippen molar-refractivity contribution in [3.63, 3.8) is 0 Å². The fourth-order valence-corrected chi connectivity index (χ4v) is 6.22. The van der Waals surface area contributed by atoms with Crippen LogP contribution in [0.4, 0.5) is 5.69 Å². The highest BCUT2D eigenvalue weighted by molar-refractivity contribution is 6.30. The van der Waals surface area contributed by atoms with Crippen molar-refractivity contribution in [2.24, 2.45) is 4.99 Å². The van der Waals surface area contributed by atoms with E-state index in [-0.39, 0.29) is 17.9 Å². The van der Waals surface area contributed by atoms with Crippen molar-refractivity contribution in [1.82, 2.24) is 5.32 Å². The van der Waals surface area contributed by atoms with E-state index in [1.165, 1.54) is 6.42 Å². The maximum atomic E-state index is 14.8. The summed E-state index contributed by atoms with van der Waals surface area (Å²) in [6.45, 7) is 0. The summed E-state index contributed by atoms with van der Waals surface area (Å²) in [5.74, 6) is -0.398. The molecule has 6 heteroatoms. The van der Waals surface area contributed by atoms with Crippen molar-refractivity contribution >= 4 is 34.8 Å². The Bertz CT molecular complexity index is 1560. The van der Waals surface area contributed by atoms with Crippen LogP contribution in [0.25, 0.3) is 0 Å².